The lowest BCUT2D eigenvalue weighted by molar-refractivity contribution is -0.443. The lowest BCUT2D eigenvalue weighted by Crippen LogP contribution is -2.25. The third kappa shape index (κ3) is 1.38. The zero-order valence-electron chi connectivity index (χ0n) is 5.90. The molecule has 0 amide bonds. The Morgan fingerprint density at radius 1 is 1.83 bits per heavy atom. The molecule has 1 aliphatic heterocycles. The number of allylic oxidation sites excluding steroid dienone is 2. The van der Waals surface area contributed by atoms with E-state index in [4.69, 9.17) is 16.9 Å². The summed E-state index contributed by atoms with van der Waals surface area (Å²) >= 11 is 5.51. The Hall–Kier alpha value is -1.54. The Kier molecular flexibility index (Phi) is 2.31. The molecule has 0 N–H and O–H groups in total. The van der Waals surface area contributed by atoms with Gasteiger partial charge in [0.05, 0.1) is 0 Å². The van der Waals surface area contributed by atoms with E-state index in [1.54, 1.807) is 12.3 Å². The first-order chi connectivity index (χ1) is 5.66. The van der Waals surface area contributed by atoms with E-state index < -0.39 is 4.92 Å². The van der Waals surface area contributed by atoms with Gasteiger partial charge in [-0.05, 0) is 17.1 Å². The molecule has 0 aromatic heterocycles. The number of rotatable bonds is 1. The molecule has 0 fully saturated rings. The van der Waals surface area contributed by atoms with Crippen LogP contribution in [-0.4, -0.2) is 16.4 Å². The van der Waals surface area contributed by atoms with Crippen molar-refractivity contribution in [1.29, 1.82) is 5.26 Å². The highest BCUT2D eigenvalue weighted by atomic mass is 35.5. The second-order valence-corrected chi connectivity index (χ2v) is 2.45. The van der Waals surface area contributed by atoms with Gasteiger partial charge in [-0.2, -0.15) is 4.90 Å². The molecule has 0 atom stereocenters. The molecular formula is C6H4ClN3O2. The van der Waals surface area contributed by atoms with Gasteiger partial charge in [-0.3, -0.25) is 0 Å². The first kappa shape index (κ1) is 8.56. The molecule has 0 aliphatic carbocycles. The van der Waals surface area contributed by atoms with Crippen LogP contribution in [0.4, 0.5) is 0 Å². The van der Waals surface area contributed by atoms with Gasteiger partial charge < -0.3 is 10.1 Å². The Bertz CT molecular complexity index is 315. The molecule has 5 nitrogen and oxygen atoms in total. The van der Waals surface area contributed by atoms with Crippen molar-refractivity contribution < 1.29 is 4.92 Å². The molecule has 0 radical (unpaired) electrons. The molecule has 0 unspecified atom stereocenters. The topological polar surface area (TPSA) is 70.2 Å². The number of nitriles is 1. The van der Waals surface area contributed by atoms with Crippen molar-refractivity contribution in [3.05, 3.63) is 33.1 Å². The monoisotopic (exact) mass is 185 g/mol. The minimum absolute atomic E-state index is 0.0206. The third-order valence-corrected chi connectivity index (χ3v) is 1.61. The fourth-order valence-electron chi connectivity index (χ4n) is 0.825. The summed E-state index contributed by atoms with van der Waals surface area (Å²) in [7, 11) is 0. The summed E-state index contributed by atoms with van der Waals surface area (Å²) in [6.45, 7) is 0.197. The number of nitro groups is 1. The van der Waals surface area contributed by atoms with E-state index in [0.717, 1.165) is 4.90 Å². The normalized spacial score (nSPS) is 16.2. The average molecular weight is 186 g/mol. The van der Waals surface area contributed by atoms with Gasteiger partial charge >= 0.3 is 5.82 Å². The smallest absolute Gasteiger partial charge is 0.352 e. The van der Waals surface area contributed by atoms with Crippen molar-refractivity contribution in [2.45, 2.75) is 0 Å². The van der Waals surface area contributed by atoms with E-state index in [1.807, 2.05) is 0 Å². The van der Waals surface area contributed by atoms with Crippen LogP contribution in [0.3, 0.4) is 0 Å². The van der Waals surface area contributed by atoms with Crippen LogP contribution >= 0.6 is 11.6 Å². The maximum atomic E-state index is 10.4. The maximum absolute atomic E-state index is 10.4. The summed E-state index contributed by atoms with van der Waals surface area (Å²) in [4.78, 5) is 10.6. The van der Waals surface area contributed by atoms with Crippen LogP contribution in [0.5, 0.6) is 0 Å². The summed E-state index contributed by atoms with van der Waals surface area (Å²) in [5.41, 5.74) is 0. The van der Waals surface area contributed by atoms with Gasteiger partial charge in [-0.25, -0.2) is 0 Å². The number of hydrogen-bond acceptors (Lipinski definition) is 4. The first-order valence-corrected chi connectivity index (χ1v) is 3.42. The van der Waals surface area contributed by atoms with Crippen molar-refractivity contribution in [2.75, 3.05) is 6.54 Å². The van der Waals surface area contributed by atoms with Crippen LogP contribution < -0.4 is 0 Å². The van der Waals surface area contributed by atoms with E-state index in [2.05, 4.69) is 0 Å². The van der Waals surface area contributed by atoms with Gasteiger partial charge in [-0.15, -0.1) is 5.26 Å². The first-order valence-electron chi connectivity index (χ1n) is 3.05. The summed E-state index contributed by atoms with van der Waals surface area (Å²) in [6, 6.07) is 0. The molecule has 1 rings (SSSR count). The summed E-state index contributed by atoms with van der Waals surface area (Å²) in [5.74, 6) is -0.360. The van der Waals surface area contributed by atoms with Crippen molar-refractivity contribution in [1.82, 2.24) is 4.90 Å². The fourth-order valence-corrected chi connectivity index (χ4v) is 1.09. The molecule has 6 heteroatoms. The van der Waals surface area contributed by atoms with Gasteiger partial charge in [0.25, 0.3) is 6.19 Å². The Morgan fingerprint density at radius 3 is 2.92 bits per heavy atom. The number of nitrogens with zero attached hydrogens (tertiary/aromatic N) is 3. The Balaban J connectivity index is 3.09. The molecular weight excluding hydrogens is 182 g/mol. The highest BCUT2D eigenvalue weighted by molar-refractivity contribution is 6.31. The summed E-state index contributed by atoms with van der Waals surface area (Å²) in [5, 5.41) is 18.8. The minimum Gasteiger partial charge on any atom is -0.358 e. The van der Waals surface area contributed by atoms with Crippen molar-refractivity contribution in [3.8, 4) is 6.19 Å². The van der Waals surface area contributed by atoms with Crippen molar-refractivity contribution >= 4 is 11.6 Å². The van der Waals surface area contributed by atoms with Crippen molar-refractivity contribution in [2.24, 2.45) is 0 Å². The van der Waals surface area contributed by atoms with Crippen LogP contribution in [0.1, 0.15) is 0 Å². The molecule has 0 saturated heterocycles. The molecule has 0 aromatic carbocycles. The summed E-state index contributed by atoms with van der Waals surface area (Å²) in [6.07, 6.45) is 4.66. The highest BCUT2D eigenvalue weighted by Crippen LogP contribution is 2.19. The van der Waals surface area contributed by atoms with Gasteiger partial charge in [0.1, 0.15) is 11.6 Å². The molecule has 0 saturated carbocycles. The van der Waals surface area contributed by atoms with E-state index >= 15 is 0 Å². The van der Waals surface area contributed by atoms with Crippen LogP contribution in [0.2, 0.25) is 0 Å². The van der Waals surface area contributed by atoms with E-state index in [-0.39, 0.29) is 17.4 Å². The van der Waals surface area contributed by atoms with E-state index in [0.29, 0.717) is 0 Å². The highest BCUT2D eigenvalue weighted by Gasteiger charge is 2.26. The SMILES string of the molecule is N#CN1CC=CC(Cl)=C1[N+](=O)[O-]. The molecule has 62 valence electrons. The van der Waals surface area contributed by atoms with Gasteiger partial charge in [0.2, 0.25) is 0 Å². The van der Waals surface area contributed by atoms with Crippen LogP contribution in [0.25, 0.3) is 0 Å². The van der Waals surface area contributed by atoms with Crippen LogP contribution in [-0.2, 0) is 0 Å². The van der Waals surface area contributed by atoms with Gasteiger partial charge in [0.15, 0.2) is 0 Å². The number of halogens is 1. The molecule has 12 heavy (non-hydrogen) atoms. The van der Waals surface area contributed by atoms with E-state index in [1.165, 1.54) is 6.08 Å². The standard InChI is InChI=1S/C6H4ClN3O2/c7-5-2-1-3-9(4-8)6(5)10(11)12/h1-2H,3H2. The lowest BCUT2D eigenvalue weighted by atomic mass is 10.3. The molecule has 1 aliphatic rings. The lowest BCUT2D eigenvalue weighted by Gasteiger charge is -2.11. The molecule has 1 heterocycles. The molecule has 0 spiro atoms. The number of hydrogen-bond donors (Lipinski definition) is 0. The largest absolute Gasteiger partial charge is 0.358 e. The second-order valence-electron chi connectivity index (χ2n) is 2.04. The fraction of sp³-hybridized carbons (Fsp3) is 0.167. The van der Waals surface area contributed by atoms with Gasteiger partial charge in [-0.1, -0.05) is 11.6 Å². The Morgan fingerprint density at radius 2 is 2.50 bits per heavy atom. The van der Waals surface area contributed by atoms with Crippen LogP contribution in [0, 0.1) is 21.6 Å². The van der Waals surface area contributed by atoms with Crippen molar-refractivity contribution in [3.63, 3.8) is 0 Å². The zero-order valence-corrected chi connectivity index (χ0v) is 6.65. The third-order valence-electron chi connectivity index (χ3n) is 1.32. The molecule has 0 bridgehead atoms. The average Bonchev–Trinajstić information content (AvgIpc) is 2.03. The predicted molar refractivity (Wildman–Crippen MR) is 41.3 cm³/mol. The van der Waals surface area contributed by atoms with Crippen LogP contribution in [0.15, 0.2) is 23.0 Å². The zero-order chi connectivity index (χ0) is 9.14. The summed E-state index contributed by atoms with van der Waals surface area (Å²) < 4.78 is 0. The van der Waals surface area contributed by atoms with E-state index in [9.17, 15) is 10.1 Å². The second kappa shape index (κ2) is 3.24. The maximum Gasteiger partial charge on any atom is 0.352 e. The Labute approximate surface area is 73.3 Å². The molecule has 0 aromatic rings. The predicted octanol–water partition coefficient (Wildman–Crippen LogP) is 1.02. The van der Waals surface area contributed by atoms with Gasteiger partial charge in [0, 0.05) is 0 Å². The quantitative estimate of drug-likeness (QED) is 0.348. The minimum atomic E-state index is -0.672.